The van der Waals surface area contributed by atoms with Crippen LogP contribution in [0.4, 0.5) is 11.9 Å². The van der Waals surface area contributed by atoms with E-state index in [1.807, 2.05) is 0 Å². The van der Waals surface area contributed by atoms with E-state index in [1.165, 1.54) is 25.1 Å². The number of fused-ring (bicyclic) bond motifs is 1. The van der Waals surface area contributed by atoms with Crippen LogP contribution in [0.2, 0.25) is 0 Å². The summed E-state index contributed by atoms with van der Waals surface area (Å²) in [5, 5.41) is 20.7. The summed E-state index contributed by atoms with van der Waals surface area (Å²) < 4.78 is 47.9. The highest BCUT2D eigenvalue weighted by molar-refractivity contribution is 7.47. The van der Waals surface area contributed by atoms with Gasteiger partial charge in [0.05, 0.1) is 19.5 Å². The van der Waals surface area contributed by atoms with E-state index in [0.717, 1.165) is 10.9 Å². The Hall–Kier alpha value is -3.37. The second-order valence-electron chi connectivity index (χ2n) is 9.22. The van der Waals surface area contributed by atoms with Gasteiger partial charge < -0.3 is 45.5 Å². The van der Waals surface area contributed by atoms with Crippen LogP contribution in [0.1, 0.15) is 12.5 Å². The van der Waals surface area contributed by atoms with E-state index < -0.39 is 81.4 Å². The minimum atomic E-state index is -4.95. The Balaban J connectivity index is 1.30. The molecule has 21 nitrogen and oxygen atoms in total. The Bertz CT molecular complexity index is 1600. The normalized spacial score (nSPS) is 31.1. The minimum absolute atomic E-state index is 0.0406. The number of aliphatic hydroxyl groups is 2. The fraction of sp³-hybridized carbons (Fsp3) is 0.600. The van der Waals surface area contributed by atoms with E-state index in [1.54, 1.807) is 0 Å². The van der Waals surface area contributed by atoms with Crippen molar-refractivity contribution in [2.24, 2.45) is 0 Å². The lowest BCUT2D eigenvalue weighted by molar-refractivity contribution is -0.0630. The van der Waals surface area contributed by atoms with Crippen LogP contribution in [0.25, 0.3) is 11.2 Å². The van der Waals surface area contributed by atoms with Gasteiger partial charge in [-0.15, -0.1) is 0 Å². The number of H-pyrrole nitrogens is 1. The molecule has 5 rings (SSSR count). The molecular weight excluding hydrogens is 589 g/mol. The fourth-order valence-electron chi connectivity index (χ4n) is 4.80. The Kier molecular flexibility index (Phi) is 8.40. The van der Waals surface area contributed by atoms with Crippen LogP contribution in [0.15, 0.2) is 22.2 Å². The van der Waals surface area contributed by atoms with Gasteiger partial charge in [-0.1, -0.05) is 0 Å². The summed E-state index contributed by atoms with van der Waals surface area (Å²) in [6, 6.07) is 0. The van der Waals surface area contributed by atoms with Crippen LogP contribution >= 0.6 is 7.82 Å². The number of aromatic nitrogens is 7. The van der Waals surface area contributed by atoms with Gasteiger partial charge in [-0.3, -0.25) is 28.0 Å². The molecule has 2 aliphatic heterocycles. The molecule has 0 bridgehead atoms. The molecule has 3 aromatic heterocycles. The summed E-state index contributed by atoms with van der Waals surface area (Å²) in [6.45, 7) is -1.36. The van der Waals surface area contributed by atoms with Crippen molar-refractivity contribution in [1.29, 1.82) is 0 Å². The molecule has 0 radical (unpaired) electrons. The standard InChI is InChI=1S/C20H28N9O12P/c1-36-12-10(31)8(40-16(12)28-5-23-9-14(28)25-19(22)26-15(9)32)4-38-42(34,35)41-11-7(3-30)39-17(13(11)37-2)29-6-24-18(21)27-20(29)33/h5-8,10-13,16-17,30-31H,3-4H2,1-2H3,(H,34,35)(H2,21,27,33)(H3,22,25,26,32)/t7-,8-,10?,11?,12+,13?,16-,17-/m1/s1. The molecule has 0 spiro atoms. The zero-order chi connectivity index (χ0) is 30.3. The molecule has 4 unspecified atom stereocenters. The van der Waals surface area contributed by atoms with Gasteiger partial charge in [0.25, 0.3) is 5.56 Å². The molecule has 2 saturated heterocycles. The number of hydrogen-bond donors (Lipinski definition) is 6. The number of nitrogen functional groups attached to an aromatic ring is 2. The van der Waals surface area contributed by atoms with Crippen LogP contribution < -0.4 is 22.7 Å². The Labute approximate surface area is 234 Å². The van der Waals surface area contributed by atoms with Crippen LogP contribution in [-0.4, -0.2) is 113 Å². The number of aromatic amines is 1. The maximum absolute atomic E-state index is 13.0. The lowest BCUT2D eigenvalue weighted by atomic mass is 10.1. The summed E-state index contributed by atoms with van der Waals surface area (Å²) in [5.74, 6) is -0.463. The average molecular weight is 617 g/mol. The fourth-order valence-corrected chi connectivity index (χ4v) is 5.76. The van der Waals surface area contributed by atoms with Gasteiger partial charge >= 0.3 is 13.5 Å². The SMILES string of the molecule is COC1C(OP(=O)(O)OC[C@H]2O[C@@H](n3cnc4c(=O)[nH]c(N)nc43)[C@@H](OC)C2O)[C@@H](CO)O[C@H]1n1cnc(N)nc1=O. The predicted octanol–water partition coefficient (Wildman–Crippen LogP) is -3.38. The van der Waals surface area contributed by atoms with Crippen LogP contribution in [0, 0.1) is 0 Å². The molecule has 0 amide bonds. The first kappa shape index (κ1) is 30.1. The highest BCUT2D eigenvalue weighted by Gasteiger charge is 2.51. The van der Waals surface area contributed by atoms with Crippen molar-refractivity contribution in [3.8, 4) is 0 Å². The molecule has 230 valence electrons. The lowest BCUT2D eigenvalue weighted by Gasteiger charge is -2.25. The molecule has 2 fully saturated rings. The van der Waals surface area contributed by atoms with Crippen molar-refractivity contribution in [2.45, 2.75) is 49.1 Å². The van der Waals surface area contributed by atoms with Gasteiger partial charge in [-0.2, -0.15) is 9.97 Å². The number of nitrogens with two attached hydrogens (primary N) is 2. The van der Waals surface area contributed by atoms with Gasteiger partial charge in [-0.05, 0) is 0 Å². The van der Waals surface area contributed by atoms with Crippen LogP contribution in [0.5, 0.6) is 0 Å². The lowest BCUT2D eigenvalue weighted by Crippen LogP contribution is -2.39. The van der Waals surface area contributed by atoms with Crippen LogP contribution in [0.3, 0.4) is 0 Å². The van der Waals surface area contributed by atoms with Gasteiger partial charge in [0.2, 0.25) is 11.9 Å². The molecule has 22 heteroatoms. The Morgan fingerprint density at radius 2 is 1.69 bits per heavy atom. The molecule has 5 heterocycles. The maximum atomic E-state index is 13.0. The van der Waals surface area contributed by atoms with Crippen molar-refractivity contribution in [1.82, 2.24) is 34.1 Å². The molecule has 0 aromatic carbocycles. The first-order valence-electron chi connectivity index (χ1n) is 12.2. The van der Waals surface area contributed by atoms with Gasteiger partial charge in [0, 0.05) is 14.2 Å². The summed E-state index contributed by atoms with van der Waals surface area (Å²) >= 11 is 0. The number of rotatable bonds is 10. The van der Waals surface area contributed by atoms with Crippen LogP contribution in [-0.2, 0) is 32.6 Å². The number of nitrogens with one attached hydrogen (secondary N) is 1. The van der Waals surface area contributed by atoms with Crippen molar-refractivity contribution in [2.75, 3.05) is 38.9 Å². The molecule has 2 aliphatic rings. The van der Waals surface area contributed by atoms with E-state index in [0.29, 0.717) is 0 Å². The molecule has 0 aliphatic carbocycles. The van der Waals surface area contributed by atoms with E-state index in [-0.39, 0.29) is 23.1 Å². The number of phosphoric ester groups is 1. The molecule has 9 atom stereocenters. The molecule has 42 heavy (non-hydrogen) atoms. The number of imidazole rings is 1. The monoisotopic (exact) mass is 617 g/mol. The summed E-state index contributed by atoms with van der Waals surface area (Å²) in [7, 11) is -2.42. The first-order chi connectivity index (χ1) is 20.0. The number of nitrogens with zero attached hydrogens (tertiary/aromatic N) is 6. The van der Waals surface area contributed by atoms with Crippen molar-refractivity contribution >= 4 is 30.9 Å². The summed E-state index contributed by atoms with van der Waals surface area (Å²) in [5.41, 5.74) is 9.64. The zero-order valence-corrected chi connectivity index (χ0v) is 22.9. The largest absolute Gasteiger partial charge is 0.472 e. The molecular formula is C20H28N9O12P. The van der Waals surface area contributed by atoms with E-state index in [2.05, 4.69) is 24.9 Å². The second kappa shape index (κ2) is 11.7. The smallest absolute Gasteiger partial charge is 0.394 e. The number of hydrogen-bond acceptors (Lipinski definition) is 17. The number of ether oxygens (including phenoxy) is 4. The zero-order valence-electron chi connectivity index (χ0n) is 22.0. The summed E-state index contributed by atoms with van der Waals surface area (Å²) in [4.78, 5) is 52.6. The van der Waals surface area contributed by atoms with E-state index in [9.17, 15) is 29.3 Å². The first-order valence-corrected chi connectivity index (χ1v) is 13.7. The average Bonchev–Trinajstić information content (AvgIpc) is 3.60. The minimum Gasteiger partial charge on any atom is -0.394 e. The third-order valence-corrected chi connectivity index (χ3v) is 7.71. The van der Waals surface area contributed by atoms with E-state index in [4.69, 9.17) is 39.5 Å². The van der Waals surface area contributed by atoms with Crippen molar-refractivity contribution in [3.63, 3.8) is 0 Å². The van der Waals surface area contributed by atoms with E-state index >= 15 is 0 Å². The third kappa shape index (κ3) is 5.54. The second-order valence-corrected chi connectivity index (χ2v) is 10.6. The van der Waals surface area contributed by atoms with Gasteiger partial charge in [-0.25, -0.2) is 19.3 Å². The molecule has 0 saturated carbocycles. The number of phosphoric acid groups is 1. The highest BCUT2D eigenvalue weighted by Crippen LogP contribution is 2.49. The van der Waals surface area contributed by atoms with Gasteiger partial charge in [0.1, 0.15) is 43.0 Å². The number of methoxy groups -OCH3 is 2. The van der Waals surface area contributed by atoms with Crippen molar-refractivity contribution in [3.05, 3.63) is 33.5 Å². The highest BCUT2D eigenvalue weighted by atomic mass is 31.2. The van der Waals surface area contributed by atoms with Gasteiger partial charge in [0.15, 0.2) is 23.6 Å². The Morgan fingerprint density at radius 3 is 2.36 bits per heavy atom. The predicted molar refractivity (Wildman–Crippen MR) is 136 cm³/mol. The number of anilines is 2. The maximum Gasteiger partial charge on any atom is 0.472 e. The molecule has 3 aromatic rings. The number of aliphatic hydroxyl groups excluding tert-OH is 2. The molecule has 8 N–H and O–H groups in total. The quantitative estimate of drug-likeness (QED) is 0.121. The third-order valence-electron chi connectivity index (χ3n) is 6.72. The van der Waals surface area contributed by atoms with Crippen molar-refractivity contribution < 1.29 is 47.7 Å². The Morgan fingerprint density at radius 1 is 1.02 bits per heavy atom. The summed E-state index contributed by atoms with van der Waals surface area (Å²) in [6.07, 6.45) is -7.57. The topological polar surface area (TPSA) is 297 Å².